The maximum absolute atomic E-state index is 9.57. The monoisotopic (exact) mass is 216 g/mol. The number of hydrogen-bond acceptors (Lipinski definition) is 3. The molecule has 1 aromatic carbocycles. The molecule has 3 nitrogen and oxygen atoms in total. The standard InChI is InChI=1S/C13H16N2O/c14-8-7-13(5-6-13)10-15-9-11-3-1-2-4-12(11)16/h1-4,15-16H,5-7,9-10H2. The van der Waals surface area contributed by atoms with Crippen LogP contribution in [0.3, 0.4) is 0 Å². The van der Waals surface area contributed by atoms with Gasteiger partial charge in [-0.05, 0) is 24.3 Å². The highest BCUT2D eigenvalue weighted by atomic mass is 16.3. The van der Waals surface area contributed by atoms with Crippen molar-refractivity contribution >= 4 is 0 Å². The summed E-state index contributed by atoms with van der Waals surface area (Å²) in [4.78, 5) is 0. The van der Waals surface area contributed by atoms with E-state index in [9.17, 15) is 5.11 Å². The quantitative estimate of drug-likeness (QED) is 0.793. The lowest BCUT2D eigenvalue weighted by Crippen LogP contribution is -2.23. The van der Waals surface area contributed by atoms with E-state index in [0.29, 0.717) is 18.7 Å². The van der Waals surface area contributed by atoms with Crippen LogP contribution in [0.1, 0.15) is 24.8 Å². The fourth-order valence-electron chi connectivity index (χ4n) is 1.88. The zero-order chi connectivity index (χ0) is 11.4. The Kier molecular flexibility index (Phi) is 3.12. The normalized spacial score (nSPS) is 16.7. The summed E-state index contributed by atoms with van der Waals surface area (Å²) in [6, 6.07) is 9.58. The summed E-state index contributed by atoms with van der Waals surface area (Å²) >= 11 is 0. The third kappa shape index (κ3) is 2.53. The summed E-state index contributed by atoms with van der Waals surface area (Å²) in [5.41, 5.74) is 1.13. The lowest BCUT2D eigenvalue weighted by atomic mass is 10.0. The first-order valence-corrected chi connectivity index (χ1v) is 5.60. The maximum Gasteiger partial charge on any atom is 0.120 e. The van der Waals surface area contributed by atoms with E-state index in [1.165, 1.54) is 0 Å². The van der Waals surface area contributed by atoms with Crippen molar-refractivity contribution in [1.82, 2.24) is 5.32 Å². The van der Waals surface area contributed by atoms with Gasteiger partial charge >= 0.3 is 0 Å². The third-order valence-corrected chi connectivity index (χ3v) is 3.22. The topological polar surface area (TPSA) is 56.0 Å². The molecule has 84 valence electrons. The summed E-state index contributed by atoms with van der Waals surface area (Å²) in [5.74, 6) is 0.333. The number of hydrogen-bond donors (Lipinski definition) is 2. The van der Waals surface area contributed by atoms with Crippen molar-refractivity contribution in [1.29, 1.82) is 5.26 Å². The van der Waals surface area contributed by atoms with Crippen molar-refractivity contribution < 1.29 is 5.11 Å². The molecule has 2 rings (SSSR count). The second-order valence-electron chi connectivity index (χ2n) is 4.57. The second-order valence-corrected chi connectivity index (χ2v) is 4.57. The molecule has 1 aliphatic rings. The Hall–Kier alpha value is -1.53. The van der Waals surface area contributed by atoms with Gasteiger partial charge in [-0.25, -0.2) is 0 Å². The Balaban J connectivity index is 1.81. The molecule has 0 saturated heterocycles. The van der Waals surface area contributed by atoms with Crippen LogP contribution in [0, 0.1) is 16.7 Å². The molecule has 0 spiro atoms. The molecule has 2 N–H and O–H groups in total. The van der Waals surface area contributed by atoms with Crippen LogP contribution in [0.2, 0.25) is 0 Å². The van der Waals surface area contributed by atoms with Crippen LogP contribution in [-0.2, 0) is 6.54 Å². The van der Waals surface area contributed by atoms with Gasteiger partial charge in [-0.2, -0.15) is 5.26 Å². The first kappa shape index (κ1) is 11.0. The number of para-hydroxylation sites is 1. The summed E-state index contributed by atoms with van der Waals surface area (Å²) < 4.78 is 0. The van der Waals surface area contributed by atoms with Crippen LogP contribution < -0.4 is 5.32 Å². The Labute approximate surface area is 95.7 Å². The van der Waals surface area contributed by atoms with Crippen molar-refractivity contribution in [2.75, 3.05) is 6.54 Å². The predicted octanol–water partition coefficient (Wildman–Crippen LogP) is 2.18. The lowest BCUT2D eigenvalue weighted by molar-refractivity contribution is 0.445. The third-order valence-electron chi connectivity index (χ3n) is 3.22. The number of aromatic hydroxyl groups is 1. The second kappa shape index (κ2) is 4.54. The van der Waals surface area contributed by atoms with Gasteiger partial charge in [0, 0.05) is 25.1 Å². The lowest BCUT2D eigenvalue weighted by Gasteiger charge is -2.12. The van der Waals surface area contributed by atoms with Gasteiger partial charge in [0.05, 0.1) is 6.07 Å². The first-order chi connectivity index (χ1) is 7.76. The maximum atomic E-state index is 9.57. The van der Waals surface area contributed by atoms with Crippen molar-refractivity contribution in [3.05, 3.63) is 29.8 Å². The SMILES string of the molecule is N#CCC1(CNCc2ccccc2O)CC1. The fraction of sp³-hybridized carbons (Fsp3) is 0.462. The molecular weight excluding hydrogens is 200 g/mol. The van der Waals surface area contributed by atoms with E-state index in [1.807, 2.05) is 18.2 Å². The zero-order valence-corrected chi connectivity index (χ0v) is 9.24. The average molecular weight is 216 g/mol. The highest BCUT2D eigenvalue weighted by Gasteiger charge is 2.41. The Morgan fingerprint density at radius 2 is 2.12 bits per heavy atom. The number of nitriles is 1. The number of rotatable bonds is 5. The van der Waals surface area contributed by atoms with Gasteiger partial charge in [0.2, 0.25) is 0 Å². The molecule has 0 atom stereocenters. The number of benzene rings is 1. The summed E-state index contributed by atoms with van der Waals surface area (Å²) in [7, 11) is 0. The molecule has 0 aromatic heterocycles. The Morgan fingerprint density at radius 1 is 1.38 bits per heavy atom. The molecule has 0 aliphatic heterocycles. The van der Waals surface area contributed by atoms with E-state index in [-0.39, 0.29) is 5.41 Å². The van der Waals surface area contributed by atoms with Crippen LogP contribution >= 0.6 is 0 Å². The van der Waals surface area contributed by atoms with E-state index < -0.39 is 0 Å². The van der Waals surface area contributed by atoms with Crippen molar-refractivity contribution in [3.63, 3.8) is 0 Å². The molecule has 0 unspecified atom stereocenters. The van der Waals surface area contributed by atoms with E-state index in [2.05, 4.69) is 11.4 Å². The van der Waals surface area contributed by atoms with E-state index in [1.54, 1.807) is 6.07 Å². The van der Waals surface area contributed by atoms with Gasteiger partial charge in [-0.3, -0.25) is 0 Å². The molecule has 1 saturated carbocycles. The van der Waals surface area contributed by atoms with Crippen LogP contribution in [-0.4, -0.2) is 11.7 Å². The molecule has 3 heteroatoms. The average Bonchev–Trinajstić information content (AvgIpc) is 3.02. The number of nitrogens with zero attached hydrogens (tertiary/aromatic N) is 1. The van der Waals surface area contributed by atoms with E-state index >= 15 is 0 Å². The van der Waals surface area contributed by atoms with Gasteiger partial charge in [0.15, 0.2) is 0 Å². The van der Waals surface area contributed by atoms with E-state index in [4.69, 9.17) is 5.26 Å². The summed E-state index contributed by atoms with van der Waals surface area (Å²) in [6.07, 6.45) is 2.93. The molecule has 0 bridgehead atoms. The molecule has 1 fully saturated rings. The Bertz CT molecular complexity index is 405. The van der Waals surface area contributed by atoms with Crippen molar-refractivity contribution in [2.45, 2.75) is 25.8 Å². The largest absolute Gasteiger partial charge is 0.508 e. The highest BCUT2D eigenvalue weighted by Crippen LogP contribution is 2.47. The van der Waals surface area contributed by atoms with Crippen LogP contribution in [0.25, 0.3) is 0 Å². The van der Waals surface area contributed by atoms with Gasteiger partial charge in [0.25, 0.3) is 0 Å². The predicted molar refractivity (Wildman–Crippen MR) is 61.7 cm³/mol. The fourth-order valence-corrected chi connectivity index (χ4v) is 1.88. The molecule has 1 aliphatic carbocycles. The highest BCUT2D eigenvalue weighted by molar-refractivity contribution is 5.31. The first-order valence-electron chi connectivity index (χ1n) is 5.60. The molecule has 0 heterocycles. The van der Waals surface area contributed by atoms with Crippen LogP contribution in [0.4, 0.5) is 0 Å². The molecule has 0 amide bonds. The minimum Gasteiger partial charge on any atom is -0.508 e. The van der Waals surface area contributed by atoms with Gasteiger partial charge in [-0.1, -0.05) is 18.2 Å². The van der Waals surface area contributed by atoms with Crippen molar-refractivity contribution in [2.24, 2.45) is 5.41 Å². The number of phenols is 1. The summed E-state index contributed by atoms with van der Waals surface area (Å²) in [6.45, 7) is 1.54. The smallest absolute Gasteiger partial charge is 0.120 e. The summed E-state index contributed by atoms with van der Waals surface area (Å²) in [5, 5.41) is 21.6. The van der Waals surface area contributed by atoms with Gasteiger partial charge in [0.1, 0.15) is 5.75 Å². The van der Waals surface area contributed by atoms with Crippen LogP contribution in [0.5, 0.6) is 5.75 Å². The van der Waals surface area contributed by atoms with Crippen molar-refractivity contribution in [3.8, 4) is 11.8 Å². The zero-order valence-electron chi connectivity index (χ0n) is 9.24. The number of nitrogens with one attached hydrogen (secondary N) is 1. The minimum absolute atomic E-state index is 0.221. The molecule has 16 heavy (non-hydrogen) atoms. The van der Waals surface area contributed by atoms with Crippen LogP contribution in [0.15, 0.2) is 24.3 Å². The van der Waals surface area contributed by atoms with Gasteiger partial charge in [-0.15, -0.1) is 0 Å². The molecule has 0 radical (unpaired) electrons. The molecular formula is C13H16N2O. The van der Waals surface area contributed by atoms with E-state index in [0.717, 1.165) is 24.9 Å². The Morgan fingerprint density at radius 3 is 2.75 bits per heavy atom. The number of phenolic OH excluding ortho intramolecular Hbond substituents is 1. The van der Waals surface area contributed by atoms with Gasteiger partial charge < -0.3 is 10.4 Å². The molecule has 1 aromatic rings. The minimum atomic E-state index is 0.221.